The summed E-state index contributed by atoms with van der Waals surface area (Å²) in [6.45, 7) is 6.56. The topological polar surface area (TPSA) is 82.2 Å². The molecule has 0 saturated carbocycles. The van der Waals surface area contributed by atoms with Crippen LogP contribution in [0.15, 0.2) is 47.5 Å². The first-order chi connectivity index (χ1) is 13.5. The van der Waals surface area contributed by atoms with Crippen molar-refractivity contribution in [1.29, 1.82) is 0 Å². The Balaban J connectivity index is 1.53. The summed E-state index contributed by atoms with van der Waals surface area (Å²) in [4.78, 5) is 40.4. The number of aromatic nitrogens is 3. The van der Waals surface area contributed by atoms with Gasteiger partial charge in [0.2, 0.25) is 5.56 Å². The molecule has 28 heavy (non-hydrogen) atoms. The van der Waals surface area contributed by atoms with E-state index >= 15 is 0 Å². The number of anilines is 1. The Kier molecular flexibility index (Phi) is 4.81. The minimum atomic E-state index is -0.180. The number of benzene rings is 1. The number of para-hydroxylation sites is 1. The number of hydrogen-bond donors (Lipinski definition) is 1. The molecule has 1 aromatic carbocycles. The van der Waals surface area contributed by atoms with Crippen LogP contribution in [0.4, 0.5) is 5.82 Å². The number of pyridine rings is 1. The van der Waals surface area contributed by atoms with Crippen LogP contribution in [0.25, 0.3) is 10.9 Å². The lowest BCUT2D eigenvalue weighted by atomic mass is 10.0. The van der Waals surface area contributed by atoms with E-state index in [4.69, 9.17) is 0 Å². The van der Waals surface area contributed by atoms with Crippen molar-refractivity contribution in [1.82, 2.24) is 19.9 Å². The first-order valence-electron chi connectivity index (χ1n) is 9.52. The molecule has 144 valence electrons. The zero-order valence-corrected chi connectivity index (χ0v) is 16.1. The molecule has 1 saturated heterocycles. The highest BCUT2D eigenvalue weighted by atomic mass is 16.2. The van der Waals surface area contributed by atoms with E-state index in [-0.39, 0.29) is 17.4 Å². The van der Waals surface area contributed by atoms with Gasteiger partial charge in [-0.2, -0.15) is 0 Å². The van der Waals surface area contributed by atoms with Gasteiger partial charge in [0.05, 0.1) is 11.1 Å². The number of aromatic amines is 1. The molecule has 0 atom stereocenters. The predicted octanol–water partition coefficient (Wildman–Crippen LogP) is 2.40. The second-order valence-corrected chi connectivity index (χ2v) is 7.30. The molecule has 1 N–H and O–H groups in total. The van der Waals surface area contributed by atoms with Crippen molar-refractivity contribution in [2.45, 2.75) is 19.8 Å². The van der Waals surface area contributed by atoms with Crippen molar-refractivity contribution in [2.75, 3.05) is 31.1 Å². The molecule has 7 heteroatoms. The zero-order valence-electron chi connectivity index (χ0n) is 16.1. The summed E-state index contributed by atoms with van der Waals surface area (Å²) in [5, 5.41) is 1.02. The Morgan fingerprint density at radius 2 is 1.79 bits per heavy atom. The van der Waals surface area contributed by atoms with E-state index < -0.39 is 0 Å². The van der Waals surface area contributed by atoms with Gasteiger partial charge in [-0.3, -0.25) is 9.59 Å². The second-order valence-electron chi connectivity index (χ2n) is 7.30. The van der Waals surface area contributed by atoms with E-state index in [0.717, 1.165) is 16.7 Å². The maximum absolute atomic E-state index is 13.1. The van der Waals surface area contributed by atoms with Gasteiger partial charge in [-0.1, -0.05) is 26.0 Å². The highest BCUT2D eigenvalue weighted by Crippen LogP contribution is 2.24. The zero-order chi connectivity index (χ0) is 19.7. The number of carbonyl (C=O) groups is 1. The molecule has 1 aliphatic rings. The molecular formula is C21H23N5O2. The fourth-order valence-electron chi connectivity index (χ4n) is 3.67. The smallest absolute Gasteiger partial charge is 0.255 e. The van der Waals surface area contributed by atoms with Crippen molar-refractivity contribution < 1.29 is 4.79 Å². The van der Waals surface area contributed by atoms with Gasteiger partial charge in [0, 0.05) is 43.3 Å². The van der Waals surface area contributed by atoms with Crippen LogP contribution in [0, 0.1) is 0 Å². The van der Waals surface area contributed by atoms with Crippen molar-refractivity contribution in [3.05, 3.63) is 64.3 Å². The summed E-state index contributed by atoms with van der Waals surface area (Å²) in [5.74, 6) is 0.943. The van der Waals surface area contributed by atoms with E-state index in [1.165, 1.54) is 6.07 Å². The number of amides is 1. The van der Waals surface area contributed by atoms with Crippen LogP contribution >= 0.6 is 0 Å². The predicted molar refractivity (Wildman–Crippen MR) is 109 cm³/mol. The minimum absolute atomic E-state index is 0.0351. The minimum Gasteiger partial charge on any atom is -0.352 e. The fourth-order valence-corrected chi connectivity index (χ4v) is 3.67. The van der Waals surface area contributed by atoms with Gasteiger partial charge in [-0.05, 0) is 24.1 Å². The SMILES string of the molecule is CC(C)c1[nH]c(=O)ccc1C(=O)N1CCN(c2ncnc3ccccc23)CC1. The Hall–Kier alpha value is -3.22. The van der Waals surface area contributed by atoms with Crippen LogP contribution in [-0.2, 0) is 0 Å². The summed E-state index contributed by atoms with van der Waals surface area (Å²) in [6.07, 6.45) is 1.59. The van der Waals surface area contributed by atoms with Crippen LogP contribution in [-0.4, -0.2) is 51.9 Å². The number of rotatable bonds is 3. The molecule has 4 rings (SSSR count). The normalized spacial score (nSPS) is 14.7. The lowest BCUT2D eigenvalue weighted by molar-refractivity contribution is 0.0744. The second kappa shape index (κ2) is 7.42. The average Bonchev–Trinajstić information content (AvgIpc) is 2.73. The molecule has 2 aromatic heterocycles. The Morgan fingerprint density at radius 1 is 1.04 bits per heavy atom. The molecule has 3 heterocycles. The van der Waals surface area contributed by atoms with Crippen LogP contribution in [0.2, 0.25) is 0 Å². The quantitative estimate of drug-likeness (QED) is 0.758. The molecule has 7 nitrogen and oxygen atoms in total. The fraction of sp³-hybridized carbons (Fsp3) is 0.333. The standard InChI is InChI=1S/C21H23N5O2/c1-14(2)19-16(7-8-18(27)24-19)21(28)26-11-9-25(10-12-26)20-15-5-3-4-6-17(15)22-13-23-20/h3-8,13-14H,9-12H2,1-2H3,(H,24,27). The molecule has 1 fully saturated rings. The van der Waals surface area contributed by atoms with Crippen molar-refractivity contribution in [3.63, 3.8) is 0 Å². The van der Waals surface area contributed by atoms with Gasteiger partial charge in [-0.15, -0.1) is 0 Å². The summed E-state index contributed by atoms with van der Waals surface area (Å²) >= 11 is 0. The van der Waals surface area contributed by atoms with Crippen LogP contribution < -0.4 is 10.5 Å². The van der Waals surface area contributed by atoms with Gasteiger partial charge in [-0.25, -0.2) is 9.97 Å². The number of carbonyl (C=O) groups excluding carboxylic acids is 1. The maximum atomic E-state index is 13.1. The molecule has 3 aromatic rings. The Labute approximate surface area is 163 Å². The number of nitrogens with zero attached hydrogens (tertiary/aromatic N) is 4. The third-order valence-corrected chi connectivity index (χ3v) is 5.15. The van der Waals surface area contributed by atoms with Gasteiger partial charge in [0.1, 0.15) is 12.1 Å². The van der Waals surface area contributed by atoms with Gasteiger partial charge in [0.15, 0.2) is 0 Å². The highest BCUT2D eigenvalue weighted by Gasteiger charge is 2.26. The highest BCUT2D eigenvalue weighted by molar-refractivity contribution is 5.95. The lowest BCUT2D eigenvalue weighted by Crippen LogP contribution is -2.49. The summed E-state index contributed by atoms with van der Waals surface area (Å²) in [5.41, 5.74) is 2.01. The van der Waals surface area contributed by atoms with E-state index in [2.05, 4.69) is 19.9 Å². The maximum Gasteiger partial charge on any atom is 0.255 e. The molecule has 0 aliphatic carbocycles. The molecule has 0 bridgehead atoms. The lowest BCUT2D eigenvalue weighted by Gasteiger charge is -2.36. The van der Waals surface area contributed by atoms with E-state index in [1.807, 2.05) is 43.0 Å². The number of H-pyrrole nitrogens is 1. The van der Waals surface area contributed by atoms with Crippen LogP contribution in [0.5, 0.6) is 0 Å². The molecule has 0 spiro atoms. The van der Waals surface area contributed by atoms with Crippen molar-refractivity contribution in [2.24, 2.45) is 0 Å². The molecule has 0 radical (unpaired) electrons. The third kappa shape index (κ3) is 3.35. The summed E-state index contributed by atoms with van der Waals surface area (Å²) < 4.78 is 0. The Morgan fingerprint density at radius 3 is 2.54 bits per heavy atom. The molecule has 1 amide bonds. The molecular weight excluding hydrogens is 354 g/mol. The van der Waals surface area contributed by atoms with E-state index in [1.54, 1.807) is 12.4 Å². The number of nitrogens with one attached hydrogen (secondary N) is 1. The largest absolute Gasteiger partial charge is 0.352 e. The van der Waals surface area contributed by atoms with Gasteiger partial charge < -0.3 is 14.8 Å². The summed E-state index contributed by atoms with van der Waals surface area (Å²) in [7, 11) is 0. The number of piperazine rings is 1. The first kappa shape index (κ1) is 18.2. The number of fused-ring (bicyclic) bond motifs is 1. The summed E-state index contributed by atoms with van der Waals surface area (Å²) in [6, 6.07) is 11.0. The Bertz CT molecular complexity index is 1060. The average molecular weight is 377 g/mol. The monoisotopic (exact) mass is 377 g/mol. The van der Waals surface area contributed by atoms with Crippen molar-refractivity contribution in [3.8, 4) is 0 Å². The molecule has 0 unspecified atom stereocenters. The van der Waals surface area contributed by atoms with Crippen LogP contribution in [0.3, 0.4) is 0 Å². The van der Waals surface area contributed by atoms with E-state index in [9.17, 15) is 9.59 Å². The third-order valence-electron chi connectivity index (χ3n) is 5.15. The molecule has 1 aliphatic heterocycles. The van der Waals surface area contributed by atoms with Crippen LogP contribution in [0.1, 0.15) is 35.8 Å². The number of hydrogen-bond acceptors (Lipinski definition) is 5. The van der Waals surface area contributed by atoms with Crippen molar-refractivity contribution >= 4 is 22.6 Å². The van der Waals surface area contributed by atoms with Gasteiger partial charge >= 0.3 is 0 Å². The first-order valence-corrected chi connectivity index (χ1v) is 9.52. The van der Waals surface area contributed by atoms with Gasteiger partial charge in [0.25, 0.3) is 5.91 Å². The van der Waals surface area contributed by atoms with E-state index in [0.29, 0.717) is 37.4 Å².